The number of hydrogen-bond donors (Lipinski definition) is 3. The molecule has 7 heteroatoms. The van der Waals surface area contributed by atoms with Gasteiger partial charge >= 0.3 is 0 Å². The number of likely N-dealkylation sites (N-methyl/N-ethyl adjacent to an activating group) is 1. The van der Waals surface area contributed by atoms with Crippen LogP contribution in [0.3, 0.4) is 0 Å². The summed E-state index contributed by atoms with van der Waals surface area (Å²) in [6.07, 6.45) is -0.207. The molecule has 0 bridgehead atoms. The van der Waals surface area contributed by atoms with E-state index in [-0.39, 0.29) is 18.7 Å². The molecular formula is C19H29N3O4. The molecule has 0 fully saturated rings. The van der Waals surface area contributed by atoms with E-state index in [1.165, 1.54) is 4.90 Å². The summed E-state index contributed by atoms with van der Waals surface area (Å²) in [7, 11) is 3.22. The largest absolute Gasteiger partial charge is 0.384 e. The van der Waals surface area contributed by atoms with Crippen molar-refractivity contribution in [2.45, 2.75) is 50.8 Å². The molecule has 0 saturated carbocycles. The molecule has 144 valence electrons. The summed E-state index contributed by atoms with van der Waals surface area (Å²) < 4.78 is 0. The van der Waals surface area contributed by atoms with Crippen molar-refractivity contribution in [3.05, 3.63) is 35.9 Å². The first kappa shape index (κ1) is 21.8. The number of carbonyl (C=O) groups excluding carboxylic acids is 3. The van der Waals surface area contributed by atoms with Crippen molar-refractivity contribution in [3.63, 3.8) is 0 Å². The minimum atomic E-state index is -1.27. The first-order valence-corrected chi connectivity index (χ1v) is 8.79. The number of rotatable bonds is 10. The fraction of sp³-hybridized carbons (Fsp3) is 0.526. The Labute approximate surface area is 154 Å². The van der Waals surface area contributed by atoms with Crippen LogP contribution in [0.2, 0.25) is 0 Å². The van der Waals surface area contributed by atoms with Gasteiger partial charge in [0.05, 0.1) is 0 Å². The van der Waals surface area contributed by atoms with Crippen molar-refractivity contribution in [2.75, 3.05) is 14.1 Å². The quantitative estimate of drug-likeness (QED) is 0.568. The Morgan fingerprint density at radius 1 is 1.15 bits per heavy atom. The van der Waals surface area contributed by atoms with E-state index in [0.717, 1.165) is 6.42 Å². The molecule has 7 nitrogen and oxygen atoms in total. The molecule has 0 saturated heterocycles. The maximum absolute atomic E-state index is 12.4. The van der Waals surface area contributed by atoms with E-state index in [2.05, 4.69) is 5.32 Å². The highest BCUT2D eigenvalue weighted by Gasteiger charge is 2.26. The number of Topliss-reactive ketones (excluding diaryl/α,β-unsaturated/α-hetero) is 1. The van der Waals surface area contributed by atoms with Crippen molar-refractivity contribution in [1.82, 2.24) is 10.2 Å². The third kappa shape index (κ3) is 6.57. The summed E-state index contributed by atoms with van der Waals surface area (Å²) in [6.45, 7) is 1.91. The van der Waals surface area contributed by atoms with Crippen LogP contribution in [0.5, 0.6) is 0 Å². The zero-order valence-corrected chi connectivity index (χ0v) is 15.6. The topological polar surface area (TPSA) is 113 Å². The van der Waals surface area contributed by atoms with Crippen LogP contribution in [-0.2, 0) is 14.4 Å². The lowest BCUT2D eigenvalue weighted by atomic mass is 10.00. The van der Waals surface area contributed by atoms with Gasteiger partial charge in [0.25, 0.3) is 0 Å². The average Bonchev–Trinajstić information content (AvgIpc) is 2.63. The first-order valence-electron chi connectivity index (χ1n) is 8.79. The standard InChI is InChI=1S/C19H29N3O4/c1-4-8-14(20)18(25)15(23)11-12-16(24)21-17(19(26)22(2)3)13-9-6-5-7-10-13/h5-7,9-10,14,17-18,25H,4,8,11-12,20H2,1-3H3,(H,21,24)/t14?,17-,18?/m0/s1. The predicted octanol–water partition coefficient (Wildman–Crippen LogP) is 0.770. The number of amides is 2. The van der Waals surface area contributed by atoms with Gasteiger partial charge in [-0.15, -0.1) is 0 Å². The summed E-state index contributed by atoms with van der Waals surface area (Å²) in [5.41, 5.74) is 6.41. The van der Waals surface area contributed by atoms with Crippen molar-refractivity contribution in [2.24, 2.45) is 5.73 Å². The van der Waals surface area contributed by atoms with E-state index in [1.54, 1.807) is 38.4 Å². The zero-order valence-electron chi connectivity index (χ0n) is 15.6. The van der Waals surface area contributed by atoms with Crippen molar-refractivity contribution in [1.29, 1.82) is 0 Å². The van der Waals surface area contributed by atoms with Gasteiger partial charge in [0.15, 0.2) is 5.78 Å². The van der Waals surface area contributed by atoms with Gasteiger partial charge in [-0.3, -0.25) is 14.4 Å². The number of hydrogen-bond acceptors (Lipinski definition) is 5. The SMILES string of the molecule is CCCC(N)C(O)C(=O)CCC(=O)N[C@H](C(=O)N(C)C)c1ccccc1. The van der Waals surface area contributed by atoms with Crippen LogP contribution in [0, 0.1) is 0 Å². The number of aliphatic hydroxyl groups excluding tert-OH is 1. The predicted molar refractivity (Wildman–Crippen MR) is 99.2 cm³/mol. The summed E-state index contributed by atoms with van der Waals surface area (Å²) in [5, 5.41) is 12.6. The summed E-state index contributed by atoms with van der Waals surface area (Å²) >= 11 is 0. The number of nitrogens with zero attached hydrogens (tertiary/aromatic N) is 1. The normalized spacial score (nSPS) is 14.2. The van der Waals surface area contributed by atoms with Crippen LogP contribution in [-0.4, -0.2) is 53.8 Å². The molecule has 2 amide bonds. The lowest BCUT2D eigenvalue weighted by molar-refractivity contribution is -0.135. The minimum Gasteiger partial charge on any atom is -0.384 e. The lowest BCUT2D eigenvalue weighted by Gasteiger charge is -2.22. The molecule has 0 aliphatic carbocycles. The van der Waals surface area contributed by atoms with Crippen molar-refractivity contribution >= 4 is 17.6 Å². The van der Waals surface area contributed by atoms with Gasteiger partial charge in [-0.25, -0.2) is 0 Å². The molecule has 0 aliphatic heterocycles. The maximum Gasteiger partial charge on any atom is 0.249 e. The van der Waals surface area contributed by atoms with Gasteiger partial charge in [-0.05, 0) is 12.0 Å². The van der Waals surface area contributed by atoms with Crippen LogP contribution in [0.25, 0.3) is 0 Å². The second-order valence-corrected chi connectivity index (χ2v) is 6.51. The third-order valence-electron chi connectivity index (χ3n) is 4.08. The Morgan fingerprint density at radius 3 is 2.31 bits per heavy atom. The van der Waals surface area contributed by atoms with Crippen molar-refractivity contribution < 1.29 is 19.5 Å². The van der Waals surface area contributed by atoms with E-state index in [4.69, 9.17) is 5.73 Å². The monoisotopic (exact) mass is 363 g/mol. The van der Waals surface area contributed by atoms with E-state index in [1.807, 2.05) is 13.0 Å². The number of nitrogens with two attached hydrogens (primary N) is 1. The maximum atomic E-state index is 12.4. The van der Waals surface area contributed by atoms with Gasteiger partial charge < -0.3 is 21.1 Å². The molecule has 0 spiro atoms. The van der Waals surface area contributed by atoms with E-state index >= 15 is 0 Å². The lowest BCUT2D eigenvalue weighted by Crippen LogP contribution is -2.42. The molecule has 0 radical (unpaired) electrons. The van der Waals surface area contributed by atoms with Crippen molar-refractivity contribution in [3.8, 4) is 0 Å². The molecule has 2 unspecified atom stereocenters. The molecule has 0 aromatic heterocycles. The van der Waals surface area contributed by atoms with Crippen LogP contribution in [0.1, 0.15) is 44.2 Å². The van der Waals surface area contributed by atoms with Gasteiger partial charge in [-0.2, -0.15) is 0 Å². The number of ketones is 1. The number of aliphatic hydroxyl groups is 1. The van der Waals surface area contributed by atoms with Crippen LogP contribution < -0.4 is 11.1 Å². The third-order valence-corrected chi connectivity index (χ3v) is 4.08. The number of carbonyl (C=O) groups is 3. The molecule has 1 aromatic rings. The van der Waals surface area contributed by atoms with Gasteiger partial charge in [0.2, 0.25) is 11.8 Å². The van der Waals surface area contributed by atoms with Crippen LogP contribution in [0.15, 0.2) is 30.3 Å². The molecular weight excluding hydrogens is 334 g/mol. The number of benzene rings is 1. The Bertz CT molecular complexity index is 604. The van der Waals surface area contributed by atoms with E-state index < -0.39 is 29.9 Å². The fourth-order valence-corrected chi connectivity index (χ4v) is 2.54. The summed E-state index contributed by atoms with van der Waals surface area (Å²) in [6, 6.07) is 7.46. The van der Waals surface area contributed by atoms with Crippen LogP contribution in [0.4, 0.5) is 0 Å². The molecule has 3 atom stereocenters. The second-order valence-electron chi connectivity index (χ2n) is 6.51. The van der Waals surface area contributed by atoms with Gasteiger partial charge in [0.1, 0.15) is 12.1 Å². The minimum absolute atomic E-state index is 0.112. The molecule has 26 heavy (non-hydrogen) atoms. The highest BCUT2D eigenvalue weighted by atomic mass is 16.3. The molecule has 1 rings (SSSR count). The summed E-state index contributed by atoms with van der Waals surface area (Å²) in [4.78, 5) is 38.0. The Morgan fingerprint density at radius 2 is 1.77 bits per heavy atom. The smallest absolute Gasteiger partial charge is 0.249 e. The molecule has 0 aliphatic rings. The zero-order chi connectivity index (χ0) is 19.7. The van der Waals surface area contributed by atoms with Gasteiger partial charge in [-0.1, -0.05) is 43.7 Å². The number of nitrogens with one attached hydrogen (secondary N) is 1. The second kappa shape index (κ2) is 10.7. The Hall–Kier alpha value is -2.25. The Balaban J connectivity index is 2.67. The molecule has 0 heterocycles. The molecule has 1 aromatic carbocycles. The van der Waals surface area contributed by atoms with Crippen LogP contribution >= 0.6 is 0 Å². The summed E-state index contributed by atoms with van der Waals surface area (Å²) in [5.74, 6) is -1.16. The highest BCUT2D eigenvalue weighted by molar-refractivity contribution is 5.91. The van der Waals surface area contributed by atoms with E-state index in [0.29, 0.717) is 12.0 Å². The first-order chi connectivity index (χ1) is 12.3. The van der Waals surface area contributed by atoms with Gasteiger partial charge in [0, 0.05) is 33.0 Å². The van der Waals surface area contributed by atoms with E-state index in [9.17, 15) is 19.5 Å². The average molecular weight is 363 g/mol. The highest BCUT2D eigenvalue weighted by Crippen LogP contribution is 2.15. The Kier molecular flexibility index (Phi) is 8.95. The fourth-order valence-electron chi connectivity index (χ4n) is 2.54. The molecule has 4 N–H and O–H groups in total.